The second-order valence-corrected chi connectivity index (χ2v) is 7.52. The molecule has 1 aromatic heterocycles. The van der Waals surface area contributed by atoms with E-state index in [1.807, 2.05) is 39.4 Å². The van der Waals surface area contributed by atoms with E-state index >= 15 is 0 Å². The number of hydrogen-bond donors (Lipinski definition) is 2. The number of anilines is 1. The number of rotatable bonds is 3. The molecule has 6 nitrogen and oxygen atoms in total. The van der Waals surface area contributed by atoms with Crippen LogP contribution in [0.25, 0.3) is 0 Å². The Kier molecular flexibility index (Phi) is 5.22. The van der Waals surface area contributed by atoms with E-state index < -0.39 is 5.60 Å². The van der Waals surface area contributed by atoms with Crippen molar-refractivity contribution in [2.45, 2.75) is 78.0 Å². The van der Waals surface area contributed by atoms with E-state index in [1.165, 1.54) is 0 Å². The second-order valence-electron chi connectivity index (χ2n) is 7.52. The molecule has 1 amide bonds. The van der Waals surface area contributed by atoms with Crippen LogP contribution in [-0.4, -0.2) is 33.6 Å². The summed E-state index contributed by atoms with van der Waals surface area (Å²) in [6, 6.07) is 0.513. The molecule has 0 aromatic carbocycles. The van der Waals surface area contributed by atoms with Crippen LogP contribution in [0.1, 0.15) is 57.8 Å². The molecule has 2 N–H and O–H groups in total. The molecular weight excluding hydrogens is 292 g/mol. The smallest absolute Gasteiger partial charge is 0.407 e. The van der Waals surface area contributed by atoms with Crippen LogP contribution in [0.4, 0.5) is 10.5 Å². The van der Waals surface area contributed by atoms with Gasteiger partial charge < -0.3 is 15.4 Å². The number of aryl methyl sites for hydroxylation is 2. The summed E-state index contributed by atoms with van der Waals surface area (Å²) in [6.45, 7) is 9.74. The minimum Gasteiger partial charge on any atom is -0.444 e. The van der Waals surface area contributed by atoms with Gasteiger partial charge in [-0.1, -0.05) is 0 Å². The van der Waals surface area contributed by atoms with Gasteiger partial charge in [-0.25, -0.2) is 4.79 Å². The summed E-state index contributed by atoms with van der Waals surface area (Å²) in [7, 11) is 1.96. The number of nitrogens with one attached hydrogen (secondary N) is 2. The fourth-order valence-corrected chi connectivity index (χ4v) is 3.11. The van der Waals surface area contributed by atoms with Gasteiger partial charge in [0.2, 0.25) is 0 Å². The third-order valence-corrected chi connectivity index (χ3v) is 4.25. The van der Waals surface area contributed by atoms with Crippen LogP contribution < -0.4 is 10.6 Å². The highest BCUT2D eigenvalue weighted by molar-refractivity contribution is 5.68. The molecule has 1 fully saturated rings. The summed E-state index contributed by atoms with van der Waals surface area (Å²) >= 11 is 0. The first-order chi connectivity index (χ1) is 10.7. The highest BCUT2D eigenvalue weighted by atomic mass is 16.6. The van der Waals surface area contributed by atoms with Crippen molar-refractivity contribution in [1.29, 1.82) is 0 Å². The van der Waals surface area contributed by atoms with Crippen LogP contribution in [0.2, 0.25) is 0 Å². The van der Waals surface area contributed by atoms with E-state index in [0.29, 0.717) is 6.04 Å². The van der Waals surface area contributed by atoms with Crippen LogP contribution in [0.5, 0.6) is 0 Å². The van der Waals surface area contributed by atoms with E-state index in [2.05, 4.69) is 22.7 Å². The number of carbonyl (C=O) groups is 1. The molecule has 1 aliphatic rings. The topological polar surface area (TPSA) is 68.2 Å². The average molecular weight is 322 g/mol. The minimum absolute atomic E-state index is 0.161. The minimum atomic E-state index is -0.458. The molecule has 2 unspecified atom stereocenters. The number of aromatic nitrogens is 2. The molecule has 1 aromatic rings. The molecule has 2 rings (SSSR count). The fourth-order valence-electron chi connectivity index (χ4n) is 3.11. The summed E-state index contributed by atoms with van der Waals surface area (Å²) in [6.07, 6.45) is 3.79. The number of ether oxygens (including phenoxy) is 1. The lowest BCUT2D eigenvalue weighted by molar-refractivity contribution is 0.0492. The number of carbonyl (C=O) groups excluding carboxylic acids is 1. The van der Waals surface area contributed by atoms with Crippen molar-refractivity contribution in [2.75, 3.05) is 5.32 Å². The zero-order valence-electron chi connectivity index (χ0n) is 15.2. The zero-order valence-corrected chi connectivity index (χ0v) is 15.2. The van der Waals surface area contributed by atoms with E-state index in [1.54, 1.807) is 0 Å². The van der Waals surface area contributed by atoms with E-state index in [0.717, 1.165) is 42.8 Å². The number of amides is 1. The lowest BCUT2D eigenvalue weighted by atomic mass is 9.91. The van der Waals surface area contributed by atoms with Crippen molar-refractivity contribution in [2.24, 2.45) is 7.05 Å². The third-order valence-electron chi connectivity index (χ3n) is 4.25. The van der Waals surface area contributed by atoms with Crippen LogP contribution in [0.3, 0.4) is 0 Å². The van der Waals surface area contributed by atoms with Crippen LogP contribution in [-0.2, 0) is 11.8 Å². The molecule has 0 bridgehead atoms. The number of nitrogens with zero attached hydrogens (tertiary/aromatic N) is 2. The Morgan fingerprint density at radius 3 is 2.48 bits per heavy atom. The molecule has 0 aliphatic heterocycles. The zero-order chi connectivity index (χ0) is 17.2. The molecule has 1 aliphatic carbocycles. The van der Waals surface area contributed by atoms with Crippen molar-refractivity contribution in [1.82, 2.24) is 15.1 Å². The van der Waals surface area contributed by atoms with Gasteiger partial charge in [-0.3, -0.25) is 4.68 Å². The second kappa shape index (κ2) is 6.81. The van der Waals surface area contributed by atoms with Crippen LogP contribution >= 0.6 is 0 Å². The molecule has 0 saturated heterocycles. The lowest BCUT2D eigenvalue weighted by Gasteiger charge is -2.31. The first-order valence-electron chi connectivity index (χ1n) is 8.42. The SMILES string of the molecule is Cc1nn(C)c(C)c1NC1CCCC(NC(=O)OC(C)(C)C)C1. The standard InChI is InChI=1S/C17H30N4O2/c1-11-15(12(2)21(6)20-11)18-13-8-7-9-14(10-13)19-16(22)23-17(3,4)5/h13-14,18H,7-10H2,1-6H3,(H,19,22). The van der Waals surface area contributed by atoms with Gasteiger partial charge >= 0.3 is 6.09 Å². The Hall–Kier alpha value is -1.72. The first-order valence-corrected chi connectivity index (χ1v) is 8.42. The van der Waals surface area contributed by atoms with Crippen molar-refractivity contribution in [3.05, 3.63) is 11.4 Å². The summed E-state index contributed by atoms with van der Waals surface area (Å²) in [5.41, 5.74) is 2.83. The molecule has 1 heterocycles. The van der Waals surface area contributed by atoms with Gasteiger partial charge in [0, 0.05) is 19.1 Å². The van der Waals surface area contributed by atoms with Crippen molar-refractivity contribution >= 4 is 11.8 Å². The summed E-state index contributed by atoms with van der Waals surface area (Å²) in [4.78, 5) is 11.9. The van der Waals surface area contributed by atoms with E-state index in [9.17, 15) is 4.79 Å². The van der Waals surface area contributed by atoms with Gasteiger partial charge in [-0.2, -0.15) is 5.10 Å². The van der Waals surface area contributed by atoms with Gasteiger partial charge in [0.05, 0.1) is 17.1 Å². The first kappa shape index (κ1) is 17.6. The maximum atomic E-state index is 11.9. The molecular formula is C17H30N4O2. The van der Waals surface area contributed by atoms with E-state index in [-0.39, 0.29) is 12.1 Å². The maximum absolute atomic E-state index is 11.9. The Balaban J connectivity index is 1.92. The molecule has 6 heteroatoms. The fraction of sp³-hybridized carbons (Fsp3) is 0.765. The van der Waals surface area contributed by atoms with Crippen molar-refractivity contribution in [3.8, 4) is 0 Å². The summed E-state index contributed by atoms with van der Waals surface area (Å²) < 4.78 is 7.25. The van der Waals surface area contributed by atoms with Crippen LogP contribution in [0, 0.1) is 13.8 Å². The Labute approximate surface area is 139 Å². The summed E-state index contributed by atoms with van der Waals surface area (Å²) in [5, 5.41) is 11.1. The molecule has 130 valence electrons. The van der Waals surface area contributed by atoms with Gasteiger partial charge in [0.15, 0.2) is 0 Å². The third kappa shape index (κ3) is 4.88. The van der Waals surface area contributed by atoms with Gasteiger partial charge in [0.1, 0.15) is 5.60 Å². The van der Waals surface area contributed by atoms with E-state index in [4.69, 9.17) is 4.74 Å². The maximum Gasteiger partial charge on any atom is 0.407 e. The predicted octanol–water partition coefficient (Wildman–Crippen LogP) is 3.28. The average Bonchev–Trinajstić information content (AvgIpc) is 2.63. The number of hydrogen-bond acceptors (Lipinski definition) is 4. The highest BCUT2D eigenvalue weighted by Crippen LogP contribution is 2.26. The Morgan fingerprint density at radius 1 is 1.26 bits per heavy atom. The quantitative estimate of drug-likeness (QED) is 0.896. The highest BCUT2D eigenvalue weighted by Gasteiger charge is 2.26. The van der Waals surface area contributed by atoms with Crippen molar-refractivity contribution < 1.29 is 9.53 Å². The largest absolute Gasteiger partial charge is 0.444 e. The number of alkyl carbamates (subject to hydrolysis) is 1. The van der Waals surface area contributed by atoms with Crippen LogP contribution in [0.15, 0.2) is 0 Å². The van der Waals surface area contributed by atoms with Gasteiger partial charge in [0.25, 0.3) is 0 Å². The Morgan fingerprint density at radius 2 is 1.91 bits per heavy atom. The molecule has 23 heavy (non-hydrogen) atoms. The molecule has 0 spiro atoms. The predicted molar refractivity (Wildman–Crippen MR) is 91.7 cm³/mol. The monoisotopic (exact) mass is 322 g/mol. The molecule has 2 atom stereocenters. The van der Waals surface area contributed by atoms with Gasteiger partial charge in [-0.15, -0.1) is 0 Å². The lowest BCUT2D eigenvalue weighted by Crippen LogP contribution is -2.43. The Bertz CT molecular complexity index is 560. The molecule has 0 radical (unpaired) electrons. The van der Waals surface area contributed by atoms with Gasteiger partial charge in [-0.05, 0) is 60.3 Å². The molecule has 1 saturated carbocycles. The summed E-state index contributed by atoms with van der Waals surface area (Å²) in [5.74, 6) is 0. The van der Waals surface area contributed by atoms with Crippen molar-refractivity contribution in [3.63, 3.8) is 0 Å². The normalized spacial score (nSPS) is 21.8.